The van der Waals surface area contributed by atoms with E-state index < -0.39 is 0 Å². The molecule has 0 amide bonds. The van der Waals surface area contributed by atoms with Gasteiger partial charge in [0, 0.05) is 19.5 Å². The zero-order valence-corrected chi connectivity index (χ0v) is 14.2. The van der Waals surface area contributed by atoms with E-state index in [4.69, 9.17) is 4.98 Å². The summed E-state index contributed by atoms with van der Waals surface area (Å²) in [5.41, 5.74) is 2.36. The minimum atomic E-state index is -0.271. The van der Waals surface area contributed by atoms with Crippen molar-refractivity contribution in [2.24, 2.45) is 0 Å². The molecule has 128 valence electrons. The second-order valence-electron chi connectivity index (χ2n) is 6.63. The molecule has 1 aromatic heterocycles. The molecule has 0 radical (unpaired) electrons. The smallest absolute Gasteiger partial charge is 0.261 e. The fourth-order valence-corrected chi connectivity index (χ4v) is 3.44. The molecule has 0 unspecified atom stereocenters. The summed E-state index contributed by atoms with van der Waals surface area (Å²) in [4.78, 5) is 19.9. The van der Waals surface area contributed by atoms with Crippen LogP contribution < -0.4 is 5.56 Å². The molecular formula is C20H20FN3O. The first kappa shape index (κ1) is 16.0. The van der Waals surface area contributed by atoms with Crippen LogP contribution in [0.3, 0.4) is 0 Å². The van der Waals surface area contributed by atoms with Crippen LogP contribution in [0, 0.1) is 5.82 Å². The fourth-order valence-electron chi connectivity index (χ4n) is 3.44. The van der Waals surface area contributed by atoms with Crippen LogP contribution in [0.25, 0.3) is 22.0 Å². The second kappa shape index (κ2) is 6.41. The number of halogens is 1. The summed E-state index contributed by atoms with van der Waals surface area (Å²) in [6.45, 7) is 2.58. The average molecular weight is 337 g/mol. The predicted octanol–water partition coefficient (Wildman–Crippen LogP) is 3.08. The van der Waals surface area contributed by atoms with Crippen molar-refractivity contribution < 1.29 is 4.39 Å². The maximum Gasteiger partial charge on any atom is 0.261 e. The molecular weight excluding hydrogens is 317 g/mol. The minimum Gasteiger partial charge on any atom is -0.306 e. The predicted molar refractivity (Wildman–Crippen MR) is 97.2 cm³/mol. The molecule has 1 aliphatic rings. The Labute approximate surface area is 145 Å². The Kier molecular flexibility index (Phi) is 4.09. The Morgan fingerprint density at radius 1 is 1.04 bits per heavy atom. The van der Waals surface area contributed by atoms with Crippen LogP contribution in [0.5, 0.6) is 0 Å². The van der Waals surface area contributed by atoms with Crippen molar-refractivity contribution in [1.82, 2.24) is 14.5 Å². The van der Waals surface area contributed by atoms with Gasteiger partial charge >= 0.3 is 0 Å². The molecule has 4 nitrogen and oxygen atoms in total. The topological polar surface area (TPSA) is 38.1 Å². The highest BCUT2D eigenvalue weighted by atomic mass is 19.1. The molecule has 0 spiro atoms. The van der Waals surface area contributed by atoms with E-state index in [0.29, 0.717) is 17.4 Å². The number of rotatable bonds is 1. The highest BCUT2D eigenvalue weighted by molar-refractivity contribution is 5.83. The molecule has 3 aromatic rings. The number of aromatic nitrogens is 2. The van der Waals surface area contributed by atoms with Gasteiger partial charge in [-0.1, -0.05) is 18.2 Å². The zero-order chi connectivity index (χ0) is 17.4. The van der Waals surface area contributed by atoms with Crippen LogP contribution in [-0.4, -0.2) is 34.6 Å². The summed E-state index contributed by atoms with van der Waals surface area (Å²) in [7, 11) is 2.09. The van der Waals surface area contributed by atoms with Gasteiger partial charge in [-0.05, 0) is 55.4 Å². The van der Waals surface area contributed by atoms with Crippen molar-refractivity contribution in [3.63, 3.8) is 0 Å². The summed E-state index contributed by atoms with van der Waals surface area (Å²) in [6, 6.07) is 12.0. The number of nitrogens with zero attached hydrogens (tertiary/aromatic N) is 3. The van der Waals surface area contributed by atoms with E-state index >= 15 is 0 Å². The Bertz CT molecular complexity index is 996. The lowest BCUT2D eigenvalue weighted by Crippen LogP contribution is -2.33. The fraction of sp³-hybridized carbons (Fsp3) is 0.300. The van der Waals surface area contributed by atoms with Gasteiger partial charge < -0.3 is 4.90 Å². The van der Waals surface area contributed by atoms with Crippen molar-refractivity contribution in [2.75, 3.05) is 20.1 Å². The monoisotopic (exact) mass is 337 g/mol. The number of fused-ring (bicyclic) bond motifs is 2. The maximum atomic E-state index is 13.5. The Hall–Kier alpha value is -2.53. The van der Waals surface area contributed by atoms with Crippen LogP contribution in [0.15, 0.2) is 47.3 Å². The third-order valence-corrected chi connectivity index (χ3v) is 4.83. The summed E-state index contributed by atoms with van der Waals surface area (Å²) >= 11 is 0. The van der Waals surface area contributed by atoms with Gasteiger partial charge in [0.2, 0.25) is 0 Å². The molecule has 0 saturated heterocycles. The van der Waals surface area contributed by atoms with Crippen molar-refractivity contribution in [2.45, 2.75) is 19.4 Å². The van der Waals surface area contributed by atoms with Crippen molar-refractivity contribution in [3.8, 4) is 11.1 Å². The quantitative estimate of drug-likeness (QED) is 0.685. The third-order valence-electron chi connectivity index (χ3n) is 4.83. The average Bonchev–Trinajstić information content (AvgIpc) is 2.60. The second-order valence-corrected chi connectivity index (χ2v) is 6.63. The van der Waals surface area contributed by atoms with Crippen LogP contribution >= 0.6 is 0 Å². The maximum absolute atomic E-state index is 13.5. The highest BCUT2D eigenvalue weighted by Gasteiger charge is 2.15. The summed E-state index contributed by atoms with van der Waals surface area (Å²) in [5, 5.41) is 0.623. The van der Waals surface area contributed by atoms with Gasteiger partial charge in [0.1, 0.15) is 11.6 Å². The first-order valence-corrected chi connectivity index (χ1v) is 8.60. The Morgan fingerprint density at radius 2 is 1.88 bits per heavy atom. The molecule has 0 aliphatic carbocycles. The molecule has 0 atom stereocenters. The van der Waals surface area contributed by atoms with E-state index in [0.717, 1.165) is 42.9 Å². The molecule has 0 N–H and O–H groups in total. The van der Waals surface area contributed by atoms with Gasteiger partial charge in [-0.25, -0.2) is 9.37 Å². The molecule has 0 bridgehead atoms. The first-order valence-electron chi connectivity index (χ1n) is 8.60. The highest BCUT2D eigenvalue weighted by Crippen LogP contribution is 2.23. The Morgan fingerprint density at radius 3 is 2.72 bits per heavy atom. The lowest BCUT2D eigenvalue weighted by molar-refractivity contribution is 0.304. The number of hydrogen-bond acceptors (Lipinski definition) is 3. The van der Waals surface area contributed by atoms with Gasteiger partial charge in [-0.15, -0.1) is 0 Å². The molecule has 2 heterocycles. The summed E-state index contributed by atoms with van der Waals surface area (Å²) < 4.78 is 15.3. The zero-order valence-electron chi connectivity index (χ0n) is 14.2. The van der Waals surface area contributed by atoms with Crippen LogP contribution in [0.2, 0.25) is 0 Å². The van der Waals surface area contributed by atoms with Crippen LogP contribution in [0.4, 0.5) is 4.39 Å². The number of likely N-dealkylation sites (N-methyl/N-ethyl adjacent to an activating group) is 1. The van der Waals surface area contributed by atoms with E-state index in [9.17, 15) is 9.18 Å². The number of hydrogen-bond donors (Lipinski definition) is 0. The lowest BCUT2D eigenvalue weighted by atomic mass is 10.0. The molecule has 4 rings (SSSR count). The van der Waals surface area contributed by atoms with Gasteiger partial charge in [-0.3, -0.25) is 9.36 Å². The SMILES string of the molecule is CN1CCCn2c(nc3cc(-c4cccc(F)c4)ccc3c2=O)CC1. The van der Waals surface area contributed by atoms with E-state index in [1.165, 1.54) is 12.1 Å². The van der Waals surface area contributed by atoms with E-state index in [1.54, 1.807) is 6.07 Å². The van der Waals surface area contributed by atoms with Crippen molar-refractivity contribution in [1.29, 1.82) is 0 Å². The molecule has 1 aliphatic heterocycles. The molecule has 0 fully saturated rings. The first-order chi connectivity index (χ1) is 12.1. The summed E-state index contributed by atoms with van der Waals surface area (Å²) in [6.07, 6.45) is 1.70. The minimum absolute atomic E-state index is 0.0235. The van der Waals surface area contributed by atoms with Gasteiger partial charge in [0.25, 0.3) is 5.56 Å². The number of benzene rings is 2. The molecule has 5 heteroatoms. The lowest BCUT2D eigenvalue weighted by Gasteiger charge is -2.22. The molecule has 2 aromatic carbocycles. The van der Waals surface area contributed by atoms with E-state index in [2.05, 4.69) is 11.9 Å². The van der Waals surface area contributed by atoms with Crippen molar-refractivity contribution in [3.05, 3.63) is 64.5 Å². The van der Waals surface area contributed by atoms with Crippen molar-refractivity contribution >= 4 is 10.9 Å². The standard InChI is InChI=1S/C20H20FN3O/c1-23-9-3-10-24-19(8-11-23)22-18-13-15(6-7-17(18)20(24)25)14-4-2-5-16(21)12-14/h2,4-7,12-13H,3,8-11H2,1H3. The largest absolute Gasteiger partial charge is 0.306 e. The van der Waals surface area contributed by atoms with E-state index in [1.807, 2.05) is 28.8 Å². The Balaban J connectivity index is 1.85. The van der Waals surface area contributed by atoms with Crippen LogP contribution in [-0.2, 0) is 13.0 Å². The normalized spacial score (nSPS) is 15.6. The third kappa shape index (κ3) is 3.07. The molecule has 25 heavy (non-hydrogen) atoms. The van der Waals surface area contributed by atoms with E-state index in [-0.39, 0.29) is 11.4 Å². The van der Waals surface area contributed by atoms with Crippen LogP contribution in [0.1, 0.15) is 12.2 Å². The van der Waals surface area contributed by atoms with Gasteiger partial charge in [0.05, 0.1) is 10.9 Å². The van der Waals surface area contributed by atoms with Gasteiger partial charge in [-0.2, -0.15) is 0 Å². The van der Waals surface area contributed by atoms with Gasteiger partial charge in [0.15, 0.2) is 0 Å². The molecule has 0 saturated carbocycles. The summed E-state index contributed by atoms with van der Waals surface area (Å²) in [5.74, 6) is 0.562.